The topological polar surface area (TPSA) is 17.1 Å². The van der Waals surface area contributed by atoms with Gasteiger partial charge in [-0.1, -0.05) is 39.5 Å². The third kappa shape index (κ3) is 6.02. The molecule has 0 aliphatic rings. The zero-order valence-electron chi connectivity index (χ0n) is 11.1. The first-order chi connectivity index (χ1) is 8.26. The molecular weight excluding hydrogens is 228 g/mol. The minimum atomic E-state index is 0.408. The molecule has 0 aliphatic carbocycles. The molecule has 1 nitrogen and oxygen atoms in total. The van der Waals surface area contributed by atoms with Crippen molar-refractivity contribution in [2.24, 2.45) is 0 Å². The lowest BCUT2D eigenvalue weighted by molar-refractivity contribution is -0.118. The van der Waals surface area contributed by atoms with Crippen LogP contribution < -0.4 is 0 Å². The van der Waals surface area contributed by atoms with Crippen molar-refractivity contribution >= 4 is 17.1 Å². The summed E-state index contributed by atoms with van der Waals surface area (Å²) < 4.78 is 0. The molecule has 0 amide bonds. The van der Waals surface area contributed by atoms with E-state index in [0.29, 0.717) is 12.2 Å². The van der Waals surface area contributed by atoms with Crippen LogP contribution in [0.25, 0.3) is 0 Å². The van der Waals surface area contributed by atoms with Crippen molar-refractivity contribution in [3.05, 3.63) is 21.9 Å². The van der Waals surface area contributed by atoms with E-state index in [1.165, 1.54) is 35.4 Å². The van der Waals surface area contributed by atoms with Crippen molar-refractivity contribution in [3.63, 3.8) is 0 Å². The summed E-state index contributed by atoms with van der Waals surface area (Å²) >= 11 is 1.79. The Morgan fingerprint density at radius 3 is 2.41 bits per heavy atom. The summed E-state index contributed by atoms with van der Waals surface area (Å²) in [4.78, 5) is 14.4. The van der Waals surface area contributed by atoms with Crippen LogP contribution in [0.1, 0.15) is 62.1 Å². The normalized spacial score (nSPS) is 10.7. The molecule has 0 spiro atoms. The Kier molecular flexibility index (Phi) is 7.18. The standard InChI is InChI=1S/C15H24OS/c1-3-5-6-7-8-9-13(16)12-15-11-10-14(4-2)17-15/h10-11H,3-9,12H2,1-2H3. The maximum absolute atomic E-state index is 11.7. The molecule has 0 N–H and O–H groups in total. The van der Waals surface area contributed by atoms with Crippen LogP contribution in [0.2, 0.25) is 0 Å². The fraction of sp³-hybridized carbons (Fsp3) is 0.667. The Morgan fingerprint density at radius 2 is 1.76 bits per heavy atom. The van der Waals surface area contributed by atoms with Crippen LogP contribution in [0.15, 0.2) is 12.1 Å². The van der Waals surface area contributed by atoms with Crippen molar-refractivity contribution in [1.29, 1.82) is 0 Å². The van der Waals surface area contributed by atoms with E-state index >= 15 is 0 Å². The van der Waals surface area contributed by atoms with Crippen LogP contribution in [0.5, 0.6) is 0 Å². The number of hydrogen-bond acceptors (Lipinski definition) is 2. The molecule has 0 saturated carbocycles. The van der Waals surface area contributed by atoms with E-state index in [0.717, 1.165) is 19.3 Å². The number of rotatable bonds is 9. The van der Waals surface area contributed by atoms with Crippen molar-refractivity contribution < 1.29 is 4.79 Å². The second-order valence-electron chi connectivity index (χ2n) is 4.60. The molecule has 96 valence electrons. The number of hydrogen-bond donors (Lipinski definition) is 0. The lowest BCUT2D eigenvalue weighted by Gasteiger charge is -1.99. The molecule has 1 aromatic heterocycles. The maximum atomic E-state index is 11.7. The molecule has 1 rings (SSSR count). The van der Waals surface area contributed by atoms with Gasteiger partial charge < -0.3 is 0 Å². The predicted octanol–water partition coefficient (Wildman–Crippen LogP) is 4.78. The molecule has 0 radical (unpaired) electrons. The van der Waals surface area contributed by atoms with Gasteiger partial charge >= 0.3 is 0 Å². The number of carbonyl (C=O) groups is 1. The largest absolute Gasteiger partial charge is 0.299 e. The van der Waals surface area contributed by atoms with Gasteiger partial charge in [-0.3, -0.25) is 4.79 Å². The van der Waals surface area contributed by atoms with E-state index in [1.807, 2.05) is 0 Å². The molecule has 2 heteroatoms. The molecule has 0 fully saturated rings. The van der Waals surface area contributed by atoms with Gasteiger partial charge in [-0.2, -0.15) is 0 Å². The Morgan fingerprint density at radius 1 is 1.06 bits per heavy atom. The molecule has 1 heterocycles. The number of ketones is 1. The molecular formula is C15H24OS. The Balaban J connectivity index is 2.16. The van der Waals surface area contributed by atoms with Gasteiger partial charge in [0.2, 0.25) is 0 Å². The van der Waals surface area contributed by atoms with Gasteiger partial charge in [0.15, 0.2) is 0 Å². The number of Topliss-reactive ketones (excluding diaryl/α,β-unsaturated/α-hetero) is 1. The monoisotopic (exact) mass is 252 g/mol. The van der Waals surface area contributed by atoms with Crippen LogP contribution in [-0.2, 0) is 17.6 Å². The van der Waals surface area contributed by atoms with Crippen molar-refractivity contribution in [3.8, 4) is 0 Å². The zero-order chi connectivity index (χ0) is 12.5. The van der Waals surface area contributed by atoms with Gasteiger partial charge in [-0.25, -0.2) is 0 Å². The van der Waals surface area contributed by atoms with Gasteiger partial charge in [0.05, 0.1) is 0 Å². The second-order valence-corrected chi connectivity index (χ2v) is 5.85. The molecule has 0 unspecified atom stereocenters. The fourth-order valence-electron chi connectivity index (χ4n) is 1.92. The first-order valence-corrected chi connectivity index (χ1v) is 7.67. The third-order valence-electron chi connectivity index (χ3n) is 3.00. The summed E-state index contributed by atoms with van der Waals surface area (Å²) in [6, 6.07) is 4.26. The predicted molar refractivity (Wildman–Crippen MR) is 75.8 cm³/mol. The smallest absolute Gasteiger partial charge is 0.138 e. The zero-order valence-corrected chi connectivity index (χ0v) is 11.9. The minimum absolute atomic E-state index is 0.408. The first-order valence-electron chi connectivity index (χ1n) is 6.85. The van der Waals surface area contributed by atoms with Crippen molar-refractivity contribution in [2.75, 3.05) is 0 Å². The van der Waals surface area contributed by atoms with E-state index in [2.05, 4.69) is 26.0 Å². The molecule has 17 heavy (non-hydrogen) atoms. The van der Waals surface area contributed by atoms with Crippen LogP contribution in [0.3, 0.4) is 0 Å². The maximum Gasteiger partial charge on any atom is 0.138 e. The Hall–Kier alpha value is -0.630. The van der Waals surface area contributed by atoms with E-state index < -0.39 is 0 Å². The fourth-order valence-corrected chi connectivity index (χ4v) is 2.90. The first kappa shape index (κ1) is 14.4. The molecule has 1 aromatic rings. The highest BCUT2D eigenvalue weighted by Gasteiger charge is 2.05. The summed E-state index contributed by atoms with van der Waals surface area (Å²) in [5.74, 6) is 0.408. The summed E-state index contributed by atoms with van der Waals surface area (Å²) in [5, 5.41) is 0. The van der Waals surface area contributed by atoms with Crippen molar-refractivity contribution in [1.82, 2.24) is 0 Å². The molecule has 0 aromatic carbocycles. The Bertz CT molecular complexity index is 327. The van der Waals surface area contributed by atoms with Gasteiger partial charge in [0.1, 0.15) is 5.78 Å². The quantitative estimate of drug-likeness (QED) is 0.578. The van der Waals surface area contributed by atoms with Gasteiger partial charge in [0.25, 0.3) is 0 Å². The molecule has 0 saturated heterocycles. The van der Waals surface area contributed by atoms with E-state index in [-0.39, 0.29) is 0 Å². The average molecular weight is 252 g/mol. The summed E-state index contributed by atoms with van der Waals surface area (Å²) in [7, 11) is 0. The lowest BCUT2D eigenvalue weighted by atomic mass is 10.1. The van der Waals surface area contributed by atoms with Crippen LogP contribution in [0, 0.1) is 0 Å². The minimum Gasteiger partial charge on any atom is -0.299 e. The lowest BCUT2D eigenvalue weighted by Crippen LogP contribution is -2.00. The Labute approximate surface area is 109 Å². The van der Waals surface area contributed by atoms with E-state index in [9.17, 15) is 4.79 Å². The average Bonchev–Trinajstić information content (AvgIpc) is 2.76. The highest BCUT2D eigenvalue weighted by molar-refractivity contribution is 7.12. The van der Waals surface area contributed by atoms with Crippen molar-refractivity contribution in [2.45, 2.75) is 65.2 Å². The summed E-state index contributed by atoms with van der Waals surface area (Å²) in [6.45, 7) is 4.37. The van der Waals surface area contributed by atoms with E-state index in [4.69, 9.17) is 0 Å². The second kappa shape index (κ2) is 8.46. The van der Waals surface area contributed by atoms with Gasteiger partial charge in [0, 0.05) is 22.6 Å². The summed E-state index contributed by atoms with van der Waals surface area (Å²) in [6.07, 6.45) is 8.64. The molecule has 0 aliphatic heterocycles. The SMILES string of the molecule is CCCCCCCC(=O)Cc1ccc(CC)s1. The van der Waals surface area contributed by atoms with Crippen LogP contribution in [-0.4, -0.2) is 5.78 Å². The molecule has 0 atom stereocenters. The number of thiophene rings is 1. The number of carbonyl (C=O) groups excluding carboxylic acids is 1. The highest BCUT2D eigenvalue weighted by atomic mass is 32.1. The van der Waals surface area contributed by atoms with Gasteiger partial charge in [-0.05, 0) is 25.0 Å². The number of unbranched alkanes of at least 4 members (excludes halogenated alkanes) is 4. The van der Waals surface area contributed by atoms with E-state index in [1.54, 1.807) is 11.3 Å². The van der Waals surface area contributed by atoms with Crippen LogP contribution in [0.4, 0.5) is 0 Å². The number of aryl methyl sites for hydroxylation is 1. The summed E-state index contributed by atoms with van der Waals surface area (Å²) in [5.41, 5.74) is 0. The van der Waals surface area contributed by atoms with Crippen LogP contribution >= 0.6 is 11.3 Å². The highest BCUT2D eigenvalue weighted by Crippen LogP contribution is 2.18. The van der Waals surface area contributed by atoms with Gasteiger partial charge in [-0.15, -0.1) is 11.3 Å². The third-order valence-corrected chi connectivity index (χ3v) is 4.23. The molecule has 0 bridgehead atoms.